The molecule has 1 aromatic heterocycles. The number of ether oxygens (including phenoxy) is 1. The number of esters is 2. The molecule has 1 N–H and O–H groups in total. The van der Waals surface area contributed by atoms with Crippen molar-refractivity contribution in [1.82, 2.24) is 10.2 Å². The van der Waals surface area contributed by atoms with E-state index in [4.69, 9.17) is 0 Å². The normalized spacial score (nSPS) is 15.2. The zero-order valence-corrected chi connectivity index (χ0v) is 4.75. The quantitative estimate of drug-likeness (QED) is 0.395. The zero-order chi connectivity index (χ0) is 7.14. The van der Waals surface area contributed by atoms with Gasteiger partial charge in [0.1, 0.15) is 5.56 Å². The summed E-state index contributed by atoms with van der Waals surface area (Å²) in [7, 11) is 0. The second-order valence-electron chi connectivity index (χ2n) is 1.84. The molecule has 1 aliphatic rings. The number of hydrogen-bond acceptors (Lipinski definition) is 4. The fraction of sp³-hybridized carbons (Fsp3) is 0. The van der Waals surface area contributed by atoms with Crippen LogP contribution >= 0.6 is 0 Å². The third kappa shape index (κ3) is 0.439. The van der Waals surface area contributed by atoms with Gasteiger partial charge in [0.25, 0.3) is 0 Å². The molecule has 2 rings (SSSR count). The molecule has 0 amide bonds. The van der Waals surface area contributed by atoms with Crippen molar-refractivity contribution in [2.24, 2.45) is 0 Å². The highest BCUT2D eigenvalue weighted by molar-refractivity contribution is 6.13. The largest absolute Gasteiger partial charge is 0.384 e. The second kappa shape index (κ2) is 1.44. The van der Waals surface area contributed by atoms with Gasteiger partial charge < -0.3 is 4.74 Å². The van der Waals surface area contributed by atoms with Gasteiger partial charge >= 0.3 is 11.9 Å². The fourth-order valence-electron chi connectivity index (χ4n) is 0.787. The minimum absolute atomic E-state index is 0.144. The predicted molar refractivity (Wildman–Crippen MR) is 28.3 cm³/mol. The Kier molecular flexibility index (Phi) is 0.743. The van der Waals surface area contributed by atoms with E-state index in [2.05, 4.69) is 14.9 Å². The first kappa shape index (κ1) is 5.16. The zero-order valence-electron chi connectivity index (χ0n) is 4.75. The van der Waals surface area contributed by atoms with Gasteiger partial charge in [-0.1, -0.05) is 0 Å². The van der Waals surface area contributed by atoms with Crippen molar-refractivity contribution in [3.8, 4) is 0 Å². The van der Waals surface area contributed by atoms with E-state index >= 15 is 0 Å². The average molecular weight is 138 g/mol. The number of rotatable bonds is 0. The van der Waals surface area contributed by atoms with Crippen molar-refractivity contribution in [3.63, 3.8) is 0 Å². The number of carbonyl (C=O) groups excluding carboxylic acids is 2. The van der Waals surface area contributed by atoms with Crippen molar-refractivity contribution in [2.45, 2.75) is 0 Å². The lowest BCUT2D eigenvalue weighted by Crippen LogP contribution is -1.99. The second-order valence-corrected chi connectivity index (χ2v) is 1.84. The van der Waals surface area contributed by atoms with Gasteiger partial charge in [-0.2, -0.15) is 5.10 Å². The Balaban J connectivity index is 2.69. The number of nitrogens with one attached hydrogen (secondary N) is 1. The van der Waals surface area contributed by atoms with Gasteiger partial charge in [-0.3, -0.25) is 5.10 Å². The van der Waals surface area contributed by atoms with Gasteiger partial charge in [0, 0.05) is 0 Å². The molecule has 5 nitrogen and oxygen atoms in total. The van der Waals surface area contributed by atoms with Gasteiger partial charge in [-0.25, -0.2) is 9.59 Å². The third-order valence-corrected chi connectivity index (χ3v) is 1.25. The van der Waals surface area contributed by atoms with E-state index in [1.165, 1.54) is 6.20 Å². The maximum Gasteiger partial charge on any atom is 0.365 e. The molecular formula is C5H2N2O3. The Hall–Kier alpha value is -1.65. The van der Waals surface area contributed by atoms with E-state index < -0.39 is 11.9 Å². The van der Waals surface area contributed by atoms with Gasteiger partial charge in [-0.15, -0.1) is 0 Å². The van der Waals surface area contributed by atoms with Crippen LogP contribution in [-0.2, 0) is 4.74 Å². The molecule has 0 bridgehead atoms. The topological polar surface area (TPSA) is 72.1 Å². The number of nitrogens with zero attached hydrogens (tertiary/aromatic N) is 1. The van der Waals surface area contributed by atoms with E-state index in [-0.39, 0.29) is 11.3 Å². The Morgan fingerprint density at radius 2 is 2.20 bits per heavy atom. The Bertz CT molecular complexity index is 286. The molecule has 0 fully saturated rings. The van der Waals surface area contributed by atoms with Crippen molar-refractivity contribution in [3.05, 3.63) is 17.5 Å². The molecule has 5 heteroatoms. The first-order chi connectivity index (χ1) is 4.79. The van der Waals surface area contributed by atoms with E-state index in [9.17, 15) is 9.59 Å². The van der Waals surface area contributed by atoms with Crippen LogP contribution in [0.2, 0.25) is 0 Å². The smallest absolute Gasteiger partial charge is 0.365 e. The average Bonchev–Trinajstić information content (AvgIpc) is 2.39. The van der Waals surface area contributed by atoms with Crippen molar-refractivity contribution in [1.29, 1.82) is 0 Å². The number of cyclic esters (lactones) is 2. The summed E-state index contributed by atoms with van der Waals surface area (Å²) in [6.07, 6.45) is 1.27. The van der Waals surface area contributed by atoms with Crippen LogP contribution in [0.5, 0.6) is 0 Å². The minimum Gasteiger partial charge on any atom is -0.384 e. The van der Waals surface area contributed by atoms with Crippen molar-refractivity contribution in [2.75, 3.05) is 0 Å². The molecule has 0 aliphatic carbocycles. The van der Waals surface area contributed by atoms with Crippen LogP contribution in [0.4, 0.5) is 0 Å². The number of hydrogen-bond donors (Lipinski definition) is 1. The van der Waals surface area contributed by atoms with Gasteiger partial charge in [0.05, 0.1) is 6.20 Å². The first-order valence-corrected chi connectivity index (χ1v) is 2.59. The van der Waals surface area contributed by atoms with Crippen molar-refractivity contribution < 1.29 is 14.3 Å². The highest BCUT2D eigenvalue weighted by atomic mass is 16.6. The lowest BCUT2D eigenvalue weighted by Gasteiger charge is -1.83. The molecule has 2 heterocycles. The first-order valence-electron chi connectivity index (χ1n) is 2.59. The van der Waals surface area contributed by atoms with Crippen LogP contribution in [0.1, 0.15) is 20.8 Å². The molecule has 0 unspecified atom stereocenters. The monoisotopic (exact) mass is 138 g/mol. The molecule has 0 aromatic carbocycles. The summed E-state index contributed by atoms with van der Waals surface area (Å²) in [6, 6.07) is 0. The van der Waals surface area contributed by atoms with Gasteiger partial charge in [0.2, 0.25) is 0 Å². The Morgan fingerprint density at radius 3 is 2.90 bits per heavy atom. The molecule has 50 valence electrons. The summed E-state index contributed by atoms with van der Waals surface area (Å²) in [5.74, 6) is -1.29. The van der Waals surface area contributed by atoms with E-state index in [1.807, 2.05) is 0 Å². The Morgan fingerprint density at radius 1 is 1.40 bits per heavy atom. The van der Waals surface area contributed by atoms with Crippen LogP contribution in [0, 0.1) is 0 Å². The standard InChI is InChI=1S/C5H2N2O3/c8-4-2-1-6-7-3(2)5(9)10-4/h1H,(H,6,7). The van der Waals surface area contributed by atoms with Gasteiger partial charge in [0.15, 0.2) is 5.69 Å². The van der Waals surface area contributed by atoms with Crippen LogP contribution in [0.15, 0.2) is 6.20 Å². The summed E-state index contributed by atoms with van der Waals surface area (Å²) in [4.78, 5) is 21.3. The van der Waals surface area contributed by atoms with Crippen LogP contribution in [-0.4, -0.2) is 22.1 Å². The summed E-state index contributed by atoms with van der Waals surface area (Å²) >= 11 is 0. The fourth-order valence-corrected chi connectivity index (χ4v) is 0.787. The highest BCUT2D eigenvalue weighted by Gasteiger charge is 2.31. The summed E-state index contributed by atoms with van der Waals surface area (Å²) in [5.41, 5.74) is 0.356. The molecule has 0 atom stereocenters. The lowest BCUT2D eigenvalue weighted by atomic mass is 10.3. The Labute approximate surface area is 55.0 Å². The van der Waals surface area contributed by atoms with E-state index in [1.54, 1.807) is 0 Å². The molecule has 1 aromatic rings. The van der Waals surface area contributed by atoms with E-state index in [0.717, 1.165) is 0 Å². The number of carbonyl (C=O) groups is 2. The molecule has 0 saturated heterocycles. The van der Waals surface area contributed by atoms with Crippen LogP contribution in [0.3, 0.4) is 0 Å². The molecule has 1 aliphatic heterocycles. The molecule has 0 saturated carbocycles. The number of fused-ring (bicyclic) bond motifs is 1. The van der Waals surface area contributed by atoms with Crippen LogP contribution < -0.4 is 0 Å². The number of H-pyrrole nitrogens is 1. The van der Waals surface area contributed by atoms with Crippen molar-refractivity contribution >= 4 is 11.9 Å². The molecule has 0 spiro atoms. The number of aromatic amines is 1. The summed E-state index contributed by atoms with van der Waals surface area (Å²) in [5, 5.41) is 5.85. The highest BCUT2D eigenvalue weighted by Crippen LogP contribution is 2.15. The summed E-state index contributed by atoms with van der Waals surface area (Å²) in [6.45, 7) is 0. The summed E-state index contributed by atoms with van der Waals surface area (Å²) < 4.78 is 4.22. The minimum atomic E-state index is -0.655. The van der Waals surface area contributed by atoms with E-state index in [0.29, 0.717) is 0 Å². The molecule has 10 heavy (non-hydrogen) atoms. The molecule has 0 radical (unpaired) electrons. The third-order valence-electron chi connectivity index (χ3n) is 1.25. The maximum atomic E-state index is 10.6. The predicted octanol–water partition coefficient (Wildman–Crippen LogP) is -0.280. The van der Waals surface area contributed by atoms with Gasteiger partial charge in [-0.05, 0) is 0 Å². The molecular weight excluding hydrogens is 136 g/mol. The maximum absolute atomic E-state index is 10.6. The lowest BCUT2D eigenvalue weighted by molar-refractivity contribution is 0.0439. The number of aromatic nitrogens is 2. The van der Waals surface area contributed by atoms with Crippen LogP contribution in [0.25, 0.3) is 0 Å². The SMILES string of the molecule is O=C1OC(=O)c2[nH]ncc21.